The molecule has 0 aromatic heterocycles. The van der Waals surface area contributed by atoms with Crippen LogP contribution in [0.3, 0.4) is 0 Å². The summed E-state index contributed by atoms with van der Waals surface area (Å²) in [5, 5.41) is 14.8. The van der Waals surface area contributed by atoms with Crippen molar-refractivity contribution in [3.63, 3.8) is 0 Å². The fraction of sp³-hybridized carbons (Fsp3) is 0.368. The number of aliphatic hydroxyl groups is 1. The second-order valence-corrected chi connectivity index (χ2v) is 7.09. The van der Waals surface area contributed by atoms with Crippen LogP contribution in [-0.4, -0.2) is 24.3 Å². The molecule has 2 aromatic rings. The zero-order chi connectivity index (χ0) is 17.8. The third kappa shape index (κ3) is 4.66. The van der Waals surface area contributed by atoms with E-state index in [4.69, 9.17) is 33.7 Å². The molecule has 1 heterocycles. The molecule has 0 saturated carbocycles. The Morgan fingerprint density at radius 2 is 1.64 bits per heavy atom. The number of halogens is 2. The Morgan fingerprint density at radius 1 is 1.00 bits per heavy atom. The lowest BCUT2D eigenvalue weighted by Gasteiger charge is -2.24. The van der Waals surface area contributed by atoms with E-state index in [9.17, 15) is 5.11 Å². The number of nitrogens with one attached hydrogen (secondary N) is 1. The smallest absolute Gasteiger partial charge is 0.119 e. The highest BCUT2D eigenvalue weighted by Gasteiger charge is 2.20. The van der Waals surface area contributed by atoms with Gasteiger partial charge in [0.05, 0.1) is 22.2 Å². The van der Waals surface area contributed by atoms with Gasteiger partial charge in [-0.2, -0.15) is 0 Å². The van der Waals surface area contributed by atoms with Crippen molar-refractivity contribution in [2.24, 2.45) is 5.73 Å². The van der Waals surface area contributed by atoms with Gasteiger partial charge in [0.2, 0.25) is 0 Å². The molecule has 1 saturated heterocycles. The molecule has 4 N–H and O–H groups in total. The van der Waals surface area contributed by atoms with Crippen molar-refractivity contribution in [1.29, 1.82) is 0 Å². The number of hydrogen-bond acceptors (Lipinski definition) is 4. The SMILES string of the molecule is NC(c1ccc(Cl)c(Cl)c1)C(O)c1ccc(OC2CCNCC2)cc1. The topological polar surface area (TPSA) is 67.5 Å². The first-order valence-electron chi connectivity index (χ1n) is 8.40. The summed E-state index contributed by atoms with van der Waals surface area (Å²) in [6.07, 6.45) is 1.42. The highest BCUT2D eigenvalue weighted by Crippen LogP contribution is 2.31. The van der Waals surface area contributed by atoms with Gasteiger partial charge < -0.3 is 20.9 Å². The molecule has 1 fully saturated rings. The Labute approximate surface area is 157 Å². The zero-order valence-electron chi connectivity index (χ0n) is 13.8. The quantitative estimate of drug-likeness (QED) is 0.736. The molecule has 2 atom stereocenters. The van der Waals surface area contributed by atoms with Crippen molar-refractivity contribution in [1.82, 2.24) is 5.32 Å². The number of hydrogen-bond donors (Lipinski definition) is 3. The van der Waals surface area contributed by atoms with E-state index < -0.39 is 12.1 Å². The number of benzene rings is 2. The van der Waals surface area contributed by atoms with E-state index in [0.717, 1.165) is 42.8 Å². The van der Waals surface area contributed by atoms with Crippen molar-refractivity contribution >= 4 is 23.2 Å². The molecule has 0 aliphatic carbocycles. The number of nitrogens with two attached hydrogens (primary N) is 1. The predicted molar refractivity (Wildman–Crippen MR) is 101 cm³/mol. The third-order valence-corrected chi connectivity index (χ3v) is 5.22. The van der Waals surface area contributed by atoms with Gasteiger partial charge in [0.25, 0.3) is 0 Å². The van der Waals surface area contributed by atoms with Gasteiger partial charge in [0.1, 0.15) is 11.9 Å². The molecule has 0 radical (unpaired) electrons. The van der Waals surface area contributed by atoms with E-state index in [0.29, 0.717) is 10.0 Å². The first kappa shape index (κ1) is 18.5. The molecule has 2 unspecified atom stereocenters. The van der Waals surface area contributed by atoms with Gasteiger partial charge in [-0.1, -0.05) is 41.4 Å². The largest absolute Gasteiger partial charge is 0.490 e. The first-order chi connectivity index (χ1) is 12.0. The minimum Gasteiger partial charge on any atom is -0.490 e. The lowest BCUT2D eigenvalue weighted by atomic mass is 9.96. The van der Waals surface area contributed by atoms with Crippen molar-refractivity contribution < 1.29 is 9.84 Å². The van der Waals surface area contributed by atoms with E-state index in [1.807, 2.05) is 24.3 Å². The molecule has 1 aliphatic heterocycles. The van der Waals surface area contributed by atoms with Crippen molar-refractivity contribution in [3.05, 3.63) is 63.6 Å². The molecule has 0 bridgehead atoms. The Hall–Kier alpha value is -1.30. The summed E-state index contributed by atoms with van der Waals surface area (Å²) >= 11 is 12.0. The van der Waals surface area contributed by atoms with Gasteiger partial charge in [-0.3, -0.25) is 0 Å². The van der Waals surface area contributed by atoms with Crippen molar-refractivity contribution in [2.45, 2.75) is 31.1 Å². The van der Waals surface area contributed by atoms with Gasteiger partial charge in [0.15, 0.2) is 0 Å². The fourth-order valence-corrected chi connectivity index (χ4v) is 3.27. The molecule has 4 nitrogen and oxygen atoms in total. The van der Waals surface area contributed by atoms with Crippen molar-refractivity contribution in [3.8, 4) is 5.75 Å². The van der Waals surface area contributed by atoms with Crippen LogP contribution in [0.1, 0.15) is 36.1 Å². The van der Waals surface area contributed by atoms with Crippen molar-refractivity contribution in [2.75, 3.05) is 13.1 Å². The van der Waals surface area contributed by atoms with E-state index in [2.05, 4.69) is 5.32 Å². The molecule has 2 aromatic carbocycles. The lowest BCUT2D eigenvalue weighted by Crippen LogP contribution is -2.34. The summed E-state index contributed by atoms with van der Waals surface area (Å²) in [6.45, 7) is 1.97. The van der Waals surface area contributed by atoms with E-state index in [1.165, 1.54) is 0 Å². The predicted octanol–water partition coefficient (Wildman–Crippen LogP) is 3.86. The zero-order valence-corrected chi connectivity index (χ0v) is 15.3. The standard InChI is InChI=1S/C19H22Cl2N2O2/c20-16-6-3-13(11-17(16)21)18(22)19(24)12-1-4-14(5-2-12)25-15-7-9-23-10-8-15/h1-6,11,15,18-19,23-24H,7-10,22H2. The highest BCUT2D eigenvalue weighted by atomic mass is 35.5. The molecule has 0 spiro atoms. The van der Waals surface area contributed by atoms with Crippen LogP contribution in [0.5, 0.6) is 5.75 Å². The van der Waals surface area contributed by atoms with Gasteiger partial charge in [-0.05, 0) is 61.3 Å². The fourth-order valence-electron chi connectivity index (χ4n) is 2.96. The Kier molecular flexibility index (Phi) is 6.20. The Bertz CT molecular complexity index is 703. The second-order valence-electron chi connectivity index (χ2n) is 6.28. The number of ether oxygens (including phenoxy) is 1. The number of aliphatic hydroxyl groups excluding tert-OH is 1. The Morgan fingerprint density at radius 3 is 2.28 bits per heavy atom. The maximum Gasteiger partial charge on any atom is 0.119 e. The minimum atomic E-state index is -0.842. The number of piperidine rings is 1. The molecule has 1 aliphatic rings. The normalized spacial score (nSPS) is 17.9. The lowest BCUT2D eigenvalue weighted by molar-refractivity contribution is 0.146. The summed E-state index contributed by atoms with van der Waals surface area (Å²) in [6, 6.07) is 12.0. The molecule has 134 valence electrons. The summed E-state index contributed by atoms with van der Waals surface area (Å²) in [7, 11) is 0. The van der Waals surface area contributed by atoms with Gasteiger partial charge in [-0.15, -0.1) is 0 Å². The summed E-state index contributed by atoms with van der Waals surface area (Å²) in [5.74, 6) is 0.811. The van der Waals surface area contributed by atoms with E-state index in [-0.39, 0.29) is 6.10 Å². The molecule has 3 rings (SSSR count). The summed E-state index contributed by atoms with van der Waals surface area (Å²) in [4.78, 5) is 0. The average molecular weight is 381 g/mol. The van der Waals surface area contributed by atoms with Gasteiger partial charge >= 0.3 is 0 Å². The van der Waals surface area contributed by atoms with Crippen LogP contribution in [0.4, 0.5) is 0 Å². The van der Waals surface area contributed by atoms with E-state index in [1.54, 1.807) is 18.2 Å². The number of rotatable bonds is 5. The second kappa shape index (κ2) is 8.39. The van der Waals surface area contributed by atoms with Crippen LogP contribution in [-0.2, 0) is 0 Å². The average Bonchev–Trinajstić information content (AvgIpc) is 2.64. The summed E-state index contributed by atoms with van der Waals surface area (Å²) in [5.41, 5.74) is 7.65. The van der Waals surface area contributed by atoms with Crippen LogP contribution in [0.2, 0.25) is 10.0 Å². The third-order valence-electron chi connectivity index (χ3n) is 4.48. The Balaban J connectivity index is 1.66. The molecular formula is C19H22Cl2N2O2. The minimum absolute atomic E-state index is 0.246. The molecule has 0 amide bonds. The molecular weight excluding hydrogens is 359 g/mol. The van der Waals surface area contributed by atoms with Crippen LogP contribution >= 0.6 is 23.2 Å². The van der Waals surface area contributed by atoms with Crippen LogP contribution in [0, 0.1) is 0 Å². The summed E-state index contributed by atoms with van der Waals surface area (Å²) < 4.78 is 5.98. The maximum absolute atomic E-state index is 10.6. The van der Waals surface area contributed by atoms with Gasteiger partial charge in [0, 0.05) is 0 Å². The molecule has 25 heavy (non-hydrogen) atoms. The van der Waals surface area contributed by atoms with Crippen LogP contribution in [0.15, 0.2) is 42.5 Å². The van der Waals surface area contributed by atoms with Crippen LogP contribution < -0.4 is 15.8 Å². The monoisotopic (exact) mass is 380 g/mol. The maximum atomic E-state index is 10.6. The highest BCUT2D eigenvalue weighted by molar-refractivity contribution is 6.42. The molecule has 6 heteroatoms. The van der Waals surface area contributed by atoms with Crippen LogP contribution in [0.25, 0.3) is 0 Å². The van der Waals surface area contributed by atoms with E-state index >= 15 is 0 Å². The first-order valence-corrected chi connectivity index (χ1v) is 9.16. The van der Waals surface area contributed by atoms with Gasteiger partial charge in [-0.25, -0.2) is 0 Å².